The van der Waals surface area contributed by atoms with E-state index in [0.717, 1.165) is 27.2 Å². The van der Waals surface area contributed by atoms with Crippen LogP contribution in [0, 0.1) is 0 Å². The summed E-state index contributed by atoms with van der Waals surface area (Å²) in [6.45, 7) is 0.353. The summed E-state index contributed by atoms with van der Waals surface area (Å²) in [4.78, 5) is 47.5. The zero-order valence-electron chi connectivity index (χ0n) is 24.1. The molecular weight excluding hydrogens is 558 g/mol. The van der Waals surface area contributed by atoms with Crippen LogP contribution in [0.1, 0.15) is 26.3 Å². The Morgan fingerprint density at radius 2 is 1.68 bits per heavy atom. The molecule has 4 aromatic carbocycles. The molecule has 0 aliphatic heterocycles. The molecule has 224 valence electrons. The van der Waals surface area contributed by atoms with Crippen molar-refractivity contribution >= 4 is 51.0 Å². The lowest BCUT2D eigenvalue weighted by molar-refractivity contribution is -0.122. The van der Waals surface area contributed by atoms with E-state index in [1.54, 1.807) is 24.3 Å². The molecule has 3 amide bonds. The number of methoxy groups -OCH3 is 1. The van der Waals surface area contributed by atoms with Gasteiger partial charge in [-0.2, -0.15) is 0 Å². The second-order valence-electron chi connectivity index (χ2n) is 10.1. The molecule has 44 heavy (non-hydrogen) atoms. The lowest BCUT2D eigenvalue weighted by Crippen LogP contribution is -2.48. The number of guanidine groups is 1. The van der Waals surface area contributed by atoms with Gasteiger partial charge in [0.15, 0.2) is 5.96 Å². The van der Waals surface area contributed by atoms with Crippen LogP contribution in [0.4, 0.5) is 5.69 Å². The number of hydrogen-bond donors (Lipinski definition) is 6. The molecule has 0 saturated carbocycles. The average molecular weight is 592 g/mol. The van der Waals surface area contributed by atoms with E-state index in [1.807, 2.05) is 60.8 Å². The van der Waals surface area contributed by atoms with E-state index in [1.165, 1.54) is 13.2 Å². The van der Waals surface area contributed by atoms with E-state index in [-0.39, 0.29) is 42.6 Å². The number of ether oxygens (including phenoxy) is 1. The van der Waals surface area contributed by atoms with Crippen LogP contribution in [-0.4, -0.2) is 54.9 Å². The molecule has 11 heteroatoms. The average Bonchev–Trinajstić information content (AvgIpc) is 3.45. The van der Waals surface area contributed by atoms with E-state index in [0.29, 0.717) is 11.3 Å². The predicted octanol–water partition coefficient (Wildman–Crippen LogP) is 3.31. The number of nitrogens with one attached hydrogen (secondary N) is 4. The number of hydrogen-bond acceptors (Lipinski definition) is 5. The third-order valence-electron chi connectivity index (χ3n) is 7.16. The second-order valence-corrected chi connectivity index (χ2v) is 10.1. The van der Waals surface area contributed by atoms with Gasteiger partial charge in [0.1, 0.15) is 11.8 Å². The SMILES string of the molecule is COc1ccc(NC(=O)c2ccc3ccccc3c2)c(C(=O)N[C@@H](Cc2c[nH]c3ccccc23)C(=O)NCCN=C(N)N)c1. The standard InChI is InChI=1S/C33H33N7O4/c1-44-24-12-13-28(39-30(41)22-11-10-20-6-2-3-7-21(20)16-22)26(18-24)31(42)40-29(32(43)36-14-15-37-33(34)35)17-23-19-38-27-9-5-4-8-25(23)27/h2-13,16,18-19,29,38H,14-15,17H2,1H3,(H,36,43)(H,39,41)(H,40,42)(H4,34,35,37)/t29-/m0/s1. The lowest BCUT2D eigenvalue weighted by atomic mass is 10.0. The second kappa shape index (κ2) is 13.4. The fourth-order valence-corrected chi connectivity index (χ4v) is 4.93. The first kappa shape index (κ1) is 29.6. The molecule has 0 saturated heterocycles. The number of rotatable bonds is 11. The number of benzene rings is 4. The first-order chi connectivity index (χ1) is 21.3. The van der Waals surface area contributed by atoms with Gasteiger partial charge in [0.05, 0.1) is 24.9 Å². The van der Waals surface area contributed by atoms with Crippen LogP contribution in [0.2, 0.25) is 0 Å². The van der Waals surface area contributed by atoms with Crippen molar-refractivity contribution < 1.29 is 19.1 Å². The maximum atomic E-state index is 13.8. The molecule has 1 atom stereocenters. The molecule has 0 aliphatic carbocycles. The zero-order valence-corrected chi connectivity index (χ0v) is 24.1. The normalized spacial score (nSPS) is 11.5. The minimum atomic E-state index is -0.962. The summed E-state index contributed by atoms with van der Waals surface area (Å²) in [6.07, 6.45) is 2.02. The van der Waals surface area contributed by atoms with Crippen molar-refractivity contribution in [3.8, 4) is 5.75 Å². The Morgan fingerprint density at radius 3 is 2.48 bits per heavy atom. The van der Waals surface area contributed by atoms with Crippen molar-refractivity contribution in [3.05, 3.63) is 108 Å². The zero-order chi connectivity index (χ0) is 31.1. The minimum Gasteiger partial charge on any atom is -0.497 e. The number of aromatic amines is 1. The van der Waals surface area contributed by atoms with Crippen LogP contribution in [0.15, 0.2) is 96.1 Å². The van der Waals surface area contributed by atoms with Crippen molar-refractivity contribution in [2.24, 2.45) is 16.5 Å². The van der Waals surface area contributed by atoms with E-state index >= 15 is 0 Å². The summed E-state index contributed by atoms with van der Waals surface area (Å²) in [5.41, 5.74) is 13.4. The molecule has 5 aromatic rings. The van der Waals surface area contributed by atoms with E-state index < -0.39 is 17.9 Å². The first-order valence-corrected chi connectivity index (χ1v) is 14.0. The molecule has 0 spiro atoms. The topological polar surface area (TPSA) is 177 Å². The quantitative estimate of drug-likeness (QED) is 0.0780. The molecule has 0 radical (unpaired) electrons. The van der Waals surface area contributed by atoms with Gasteiger partial charge in [-0.15, -0.1) is 0 Å². The Labute approximate surface area is 253 Å². The lowest BCUT2D eigenvalue weighted by Gasteiger charge is -2.20. The summed E-state index contributed by atoms with van der Waals surface area (Å²) in [5, 5.41) is 11.3. The summed E-state index contributed by atoms with van der Waals surface area (Å²) >= 11 is 0. The number of aliphatic imine (C=N–C) groups is 1. The summed E-state index contributed by atoms with van der Waals surface area (Å²) < 4.78 is 5.36. The molecule has 5 rings (SSSR count). The number of aromatic nitrogens is 1. The van der Waals surface area contributed by atoms with Crippen molar-refractivity contribution in [3.63, 3.8) is 0 Å². The predicted molar refractivity (Wildman–Crippen MR) is 172 cm³/mol. The highest BCUT2D eigenvalue weighted by molar-refractivity contribution is 6.11. The van der Waals surface area contributed by atoms with Crippen LogP contribution in [0.25, 0.3) is 21.7 Å². The van der Waals surface area contributed by atoms with Gasteiger partial charge in [0, 0.05) is 35.6 Å². The third-order valence-corrected chi connectivity index (χ3v) is 7.16. The largest absolute Gasteiger partial charge is 0.497 e. The monoisotopic (exact) mass is 591 g/mol. The van der Waals surface area contributed by atoms with Gasteiger partial charge in [-0.05, 0) is 52.7 Å². The highest BCUT2D eigenvalue weighted by Gasteiger charge is 2.25. The van der Waals surface area contributed by atoms with Crippen LogP contribution in [-0.2, 0) is 11.2 Å². The molecule has 0 fully saturated rings. The van der Waals surface area contributed by atoms with Gasteiger partial charge < -0.3 is 37.1 Å². The Morgan fingerprint density at radius 1 is 0.909 bits per heavy atom. The number of nitrogens with two attached hydrogens (primary N) is 2. The van der Waals surface area contributed by atoms with Crippen molar-refractivity contribution in [2.45, 2.75) is 12.5 Å². The van der Waals surface area contributed by atoms with Gasteiger partial charge in [0.25, 0.3) is 11.8 Å². The number of para-hydroxylation sites is 1. The van der Waals surface area contributed by atoms with Crippen LogP contribution < -0.4 is 32.2 Å². The van der Waals surface area contributed by atoms with Crippen molar-refractivity contribution in [2.75, 3.05) is 25.5 Å². The van der Waals surface area contributed by atoms with Gasteiger partial charge in [-0.25, -0.2) is 0 Å². The van der Waals surface area contributed by atoms with Gasteiger partial charge in [-0.3, -0.25) is 19.4 Å². The molecule has 1 heterocycles. The number of carbonyl (C=O) groups is 3. The molecule has 1 aromatic heterocycles. The molecular formula is C33H33N7O4. The third kappa shape index (κ3) is 6.96. The van der Waals surface area contributed by atoms with Gasteiger partial charge in [0.2, 0.25) is 5.91 Å². The number of H-pyrrole nitrogens is 1. The van der Waals surface area contributed by atoms with Crippen molar-refractivity contribution in [1.82, 2.24) is 15.6 Å². The Hall–Kier alpha value is -5.84. The Kier molecular flexibility index (Phi) is 9.05. The van der Waals surface area contributed by atoms with E-state index in [9.17, 15) is 14.4 Å². The number of fused-ring (bicyclic) bond motifs is 2. The number of amides is 3. The smallest absolute Gasteiger partial charge is 0.255 e. The molecule has 0 bridgehead atoms. The first-order valence-electron chi connectivity index (χ1n) is 14.0. The van der Waals surface area contributed by atoms with Gasteiger partial charge >= 0.3 is 0 Å². The minimum absolute atomic E-state index is 0.0841. The Bertz CT molecular complexity index is 1860. The van der Waals surface area contributed by atoms with E-state index in [4.69, 9.17) is 16.2 Å². The summed E-state index contributed by atoms with van der Waals surface area (Å²) in [7, 11) is 1.48. The highest BCUT2D eigenvalue weighted by atomic mass is 16.5. The number of anilines is 1. The van der Waals surface area contributed by atoms with Crippen LogP contribution >= 0.6 is 0 Å². The fourth-order valence-electron chi connectivity index (χ4n) is 4.93. The van der Waals surface area contributed by atoms with Crippen LogP contribution in [0.3, 0.4) is 0 Å². The Balaban J connectivity index is 1.40. The van der Waals surface area contributed by atoms with Crippen molar-refractivity contribution in [1.29, 1.82) is 0 Å². The highest BCUT2D eigenvalue weighted by Crippen LogP contribution is 2.25. The number of carbonyl (C=O) groups excluding carboxylic acids is 3. The maximum absolute atomic E-state index is 13.8. The molecule has 11 nitrogen and oxygen atoms in total. The maximum Gasteiger partial charge on any atom is 0.255 e. The molecule has 0 unspecified atom stereocenters. The number of nitrogens with zero attached hydrogens (tertiary/aromatic N) is 1. The molecule has 0 aliphatic rings. The summed E-state index contributed by atoms with van der Waals surface area (Å²) in [6, 6.07) is 24.6. The summed E-state index contributed by atoms with van der Waals surface area (Å²) in [5.74, 6) is -1.04. The molecule has 8 N–H and O–H groups in total. The van der Waals surface area contributed by atoms with E-state index in [2.05, 4.69) is 25.9 Å². The van der Waals surface area contributed by atoms with Crippen LogP contribution in [0.5, 0.6) is 5.75 Å². The fraction of sp³-hybridized carbons (Fsp3) is 0.152. The van der Waals surface area contributed by atoms with Gasteiger partial charge in [-0.1, -0.05) is 48.5 Å².